The molecule has 98 valence electrons. The lowest BCUT2D eigenvalue weighted by Crippen LogP contribution is -2.55. The molecule has 3 nitrogen and oxygen atoms in total. The molecule has 0 N–H and O–H groups in total. The van der Waals surface area contributed by atoms with Crippen LogP contribution in [-0.4, -0.2) is 47.4 Å². The standard InChI is InChI=1S/C14H26N2O/c1-12-6-4-9-16(12)14(2,3)13-7-5-8-15(10-13)11-17/h11-13H,4-10H2,1-3H3. The molecule has 0 radical (unpaired) electrons. The second-order valence-electron chi connectivity index (χ2n) is 6.28. The van der Waals surface area contributed by atoms with Gasteiger partial charge in [0.1, 0.15) is 0 Å². The zero-order valence-corrected chi connectivity index (χ0v) is 11.5. The number of likely N-dealkylation sites (tertiary alicyclic amines) is 2. The summed E-state index contributed by atoms with van der Waals surface area (Å²) in [6.45, 7) is 10.2. The van der Waals surface area contributed by atoms with E-state index in [1.165, 1.54) is 25.8 Å². The van der Waals surface area contributed by atoms with E-state index in [1.54, 1.807) is 0 Å². The molecule has 0 aromatic carbocycles. The molecule has 0 aromatic rings. The van der Waals surface area contributed by atoms with Crippen LogP contribution in [0.4, 0.5) is 0 Å². The summed E-state index contributed by atoms with van der Waals surface area (Å²) in [7, 11) is 0. The minimum Gasteiger partial charge on any atom is -0.345 e. The van der Waals surface area contributed by atoms with Gasteiger partial charge in [0.2, 0.25) is 6.41 Å². The molecule has 0 aliphatic carbocycles. The topological polar surface area (TPSA) is 23.6 Å². The van der Waals surface area contributed by atoms with Crippen LogP contribution in [0.1, 0.15) is 46.5 Å². The Balaban J connectivity index is 2.05. The smallest absolute Gasteiger partial charge is 0.209 e. The average molecular weight is 238 g/mol. The first-order valence-corrected chi connectivity index (χ1v) is 7.02. The van der Waals surface area contributed by atoms with Crippen molar-refractivity contribution < 1.29 is 4.79 Å². The number of amides is 1. The molecule has 0 aromatic heterocycles. The minimum absolute atomic E-state index is 0.234. The monoisotopic (exact) mass is 238 g/mol. The third-order valence-electron chi connectivity index (χ3n) is 4.89. The maximum absolute atomic E-state index is 10.9. The number of rotatable bonds is 3. The summed E-state index contributed by atoms with van der Waals surface area (Å²) in [6.07, 6.45) is 6.10. The molecule has 2 heterocycles. The highest BCUT2D eigenvalue weighted by atomic mass is 16.1. The van der Waals surface area contributed by atoms with E-state index < -0.39 is 0 Å². The van der Waals surface area contributed by atoms with Crippen LogP contribution >= 0.6 is 0 Å². The van der Waals surface area contributed by atoms with Crippen LogP contribution in [0.15, 0.2) is 0 Å². The number of piperidine rings is 1. The van der Waals surface area contributed by atoms with Crippen molar-refractivity contribution in [3.63, 3.8) is 0 Å². The summed E-state index contributed by atoms with van der Waals surface area (Å²) in [5.41, 5.74) is 0.234. The third kappa shape index (κ3) is 2.49. The van der Waals surface area contributed by atoms with Gasteiger partial charge < -0.3 is 4.90 Å². The molecular weight excluding hydrogens is 212 g/mol. The van der Waals surface area contributed by atoms with Crippen LogP contribution in [-0.2, 0) is 4.79 Å². The third-order valence-corrected chi connectivity index (χ3v) is 4.89. The lowest BCUT2D eigenvalue weighted by Gasteiger charge is -2.47. The Labute approximate surface area is 105 Å². The number of carbonyl (C=O) groups excluding carboxylic acids is 1. The fourth-order valence-corrected chi connectivity index (χ4v) is 3.70. The van der Waals surface area contributed by atoms with Crippen molar-refractivity contribution in [2.45, 2.75) is 58.0 Å². The molecule has 1 amide bonds. The van der Waals surface area contributed by atoms with Crippen LogP contribution in [0.3, 0.4) is 0 Å². The van der Waals surface area contributed by atoms with Gasteiger partial charge in [-0.25, -0.2) is 0 Å². The lowest BCUT2D eigenvalue weighted by atomic mass is 9.80. The van der Waals surface area contributed by atoms with E-state index in [4.69, 9.17) is 0 Å². The van der Waals surface area contributed by atoms with Gasteiger partial charge in [-0.15, -0.1) is 0 Å². The molecule has 2 atom stereocenters. The van der Waals surface area contributed by atoms with Crippen molar-refractivity contribution in [3.8, 4) is 0 Å². The lowest BCUT2D eigenvalue weighted by molar-refractivity contribution is -0.121. The van der Waals surface area contributed by atoms with Crippen LogP contribution in [0.25, 0.3) is 0 Å². The average Bonchev–Trinajstić information content (AvgIpc) is 2.76. The molecule has 17 heavy (non-hydrogen) atoms. The highest BCUT2D eigenvalue weighted by molar-refractivity contribution is 5.47. The van der Waals surface area contributed by atoms with Crippen LogP contribution in [0, 0.1) is 5.92 Å². The van der Waals surface area contributed by atoms with E-state index in [2.05, 4.69) is 25.7 Å². The Kier molecular flexibility index (Phi) is 3.76. The molecule has 2 unspecified atom stereocenters. The van der Waals surface area contributed by atoms with E-state index in [0.717, 1.165) is 25.9 Å². The van der Waals surface area contributed by atoms with Gasteiger partial charge in [-0.3, -0.25) is 9.69 Å². The van der Waals surface area contributed by atoms with Gasteiger partial charge in [-0.1, -0.05) is 0 Å². The van der Waals surface area contributed by atoms with Crippen molar-refractivity contribution in [2.24, 2.45) is 5.92 Å². The molecule has 0 spiro atoms. The SMILES string of the molecule is CC1CCCN1C(C)(C)C1CCCN(C=O)C1. The molecule has 2 rings (SSSR count). The zero-order chi connectivity index (χ0) is 12.5. The number of hydrogen-bond acceptors (Lipinski definition) is 2. The van der Waals surface area contributed by atoms with Gasteiger partial charge in [0.15, 0.2) is 0 Å². The van der Waals surface area contributed by atoms with Gasteiger partial charge in [0.25, 0.3) is 0 Å². The van der Waals surface area contributed by atoms with Gasteiger partial charge in [0, 0.05) is 24.7 Å². The predicted octanol–water partition coefficient (Wildman–Crippen LogP) is 2.12. The summed E-state index contributed by atoms with van der Waals surface area (Å²) >= 11 is 0. The maximum Gasteiger partial charge on any atom is 0.209 e. The summed E-state index contributed by atoms with van der Waals surface area (Å²) in [4.78, 5) is 15.5. The Morgan fingerprint density at radius 3 is 2.47 bits per heavy atom. The number of carbonyl (C=O) groups is 1. The summed E-state index contributed by atoms with van der Waals surface area (Å²) in [5, 5.41) is 0. The zero-order valence-electron chi connectivity index (χ0n) is 11.5. The van der Waals surface area contributed by atoms with Crippen LogP contribution in [0.2, 0.25) is 0 Å². The van der Waals surface area contributed by atoms with E-state index >= 15 is 0 Å². The van der Waals surface area contributed by atoms with Crippen molar-refractivity contribution in [1.29, 1.82) is 0 Å². The van der Waals surface area contributed by atoms with Gasteiger partial charge >= 0.3 is 0 Å². The molecule has 2 fully saturated rings. The highest BCUT2D eigenvalue weighted by Crippen LogP contribution is 2.36. The first kappa shape index (κ1) is 12.9. The van der Waals surface area contributed by atoms with Crippen molar-refractivity contribution in [3.05, 3.63) is 0 Å². The number of hydrogen-bond donors (Lipinski definition) is 0. The Morgan fingerprint density at radius 1 is 1.18 bits per heavy atom. The second kappa shape index (κ2) is 4.97. The normalized spacial score (nSPS) is 31.8. The Morgan fingerprint density at radius 2 is 1.88 bits per heavy atom. The largest absolute Gasteiger partial charge is 0.345 e. The van der Waals surface area contributed by atoms with Crippen molar-refractivity contribution >= 4 is 6.41 Å². The molecule has 0 saturated carbocycles. The van der Waals surface area contributed by atoms with E-state index in [9.17, 15) is 4.79 Å². The fourth-order valence-electron chi connectivity index (χ4n) is 3.70. The minimum atomic E-state index is 0.234. The van der Waals surface area contributed by atoms with Crippen molar-refractivity contribution in [1.82, 2.24) is 9.80 Å². The molecule has 3 heteroatoms. The summed E-state index contributed by atoms with van der Waals surface area (Å²) in [5.74, 6) is 0.627. The number of nitrogens with zero attached hydrogens (tertiary/aromatic N) is 2. The highest BCUT2D eigenvalue weighted by Gasteiger charge is 2.41. The van der Waals surface area contributed by atoms with Gasteiger partial charge in [-0.05, 0) is 58.9 Å². The van der Waals surface area contributed by atoms with Crippen molar-refractivity contribution in [2.75, 3.05) is 19.6 Å². The molecule has 2 aliphatic rings. The second-order valence-corrected chi connectivity index (χ2v) is 6.28. The molecule has 2 saturated heterocycles. The quantitative estimate of drug-likeness (QED) is 0.703. The summed E-state index contributed by atoms with van der Waals surface area (Å²) < 4.78 is 0. The maximum atomic E-state index is 10.9. The fraction of sp³-hybridized carbons (Fsp3) is 0.929. The van der Waals surface area contributed by atoms with E-state index in [1.807, 2.05) is 4.90 Å². The Hall–Kier alpha value is -0.570. The van der Waals surface area contributed by atoms with Gasteiger partial charge in [-0.2, -0.15) is 0 Å². The van der Waals surface area contributed by atoms with Gasteiger partial charge in [0.05, 0.1) is 0 Å². The first-order chi connectivity index (χ1) is 8.05. The van der Waals surface area contributed by atoms with E-state index in [0.29, 0.717) is 12.0 Å². The predicted molar refractivity (Wildman–Crippen MR) is 69.8 cm³/mol. The molecular formula is C14H26N2O. The van der Waals surface area contributed by atoms with Crippen LogP contribution in [0.5, 0.6) is 0 Å². The summed E-state index contributed by atoms with van der Waals surface area (Å²) in [6, 6.07) is 0.705. The molecule has 0 bridgehead atoms. The van der Waals surface area contributed by atoms with E-state index in [-0.39, 0.29) is 5.54 Å². The molecule has 2 aliphatic heterocycles. The Bertz CT molecular complexity index is 277. The first-order valence-electron chi connectivity index (χ1n) is 7.02. The van der Waals surface area contributed by atoms with Crippen LogP contribution < -0.4 is 0 Å².